The number of aromatic nitrogens is 2. The number of nitrogens with one attached hydrogen (secondary N) is 1. The Bertz CT molecular complexity index is 593. The molecule has 0 saturated carbocycles. The smallest absolute Gasteiger partial charge is 0.321 e. The summed E-state index contributed by atoms with van der Waals surface area (Å²) >= 11 is 0. The first-order valence-electron chi connectivity index (χ1n) is 6.37. The first kappa shape index (κ1) is 14.1. The van der Waals surface area contributed by atoms with Gasteiger partial charge in [-0.05, 0) is 17.7 Å². The van der Waals surface area contributed by atoms with Crippen molar-refractivity contribution in [3.05, 3.63) is 48.0 Å². The minimum absolute atomic E-state index is 0.179. The van der Waals surface area contributed by atoms with E-state index in [-0.39, 0.29) is 6.03 Å². The molecule has 6 heteroatoms. The molecule has 6 nitrogen and oxygen atoms in total. The average molecular weight is 273 g/mol. The molecule has 0 aliphatic carbocycles. The molecule has 0 unspecified atom stereocenters. The topological polar surface area (TPSA) is 76.2 Å². The number of anilines is 1. The van der Waals surface area contributed by atoms with Crippen LogP contribution in [-0.2, 0) is 20.1 Å². The van der Waals surface area contributed by atoms with Gasteiger partial charge in [-0.1, -0.05) is 12.1 Å². The number of amides is 2. The van der Waals surface area contributed by atoms with Gasteiger partial charge in [0.2, 0.25) is 0 Å². The van der Waals surface area contributed by atoms with E-state index in [1.54, 1.807) is 18.1 Å². The van der Waals surface area contributed by atoms with E-state index in [2.05, 4.69) is 10.3 Å². The van der Waals surface area contributed by atoms with Crippen molar-refractivity contribution in [2.24, 2.45) is 12.8 Å². The monoisotopic (exact) mass is 273 g/mol. The lowest BCUT2D eigenvalue weighted by Gasteiger charge is -2.18. The summed E-state index contributed by atoms with van der Waals surface area (Å²) in [7, 11) is 3.63. The predicted molar refractivity (Wildman–Crippen MR) is 78.0 cm³/mol. The van der Waals surface area contributed by atoms with Gasteiger partial charge in [-0.25, -0.2) is 9.78 Å². The molecule has 0 aliphatic rings. The highest BCUT2D eigenvalue weighted by molar-refractivity contribution is 5.89. The molecular formula is C14H19N5O. The van der Waals surface area contributed by atoms with E-state index in [0.717, 1.165) is 17.1 Å². The SMILES string of the molecule is CN(Cc1nccn1C)C(=O)Nc1cccc(CN)c1. The van der Waals surface area contributed by atoms with E-state index >= 15 is 0 Å². The maximum Gasteiger partial charge on any atom is 0.321 e. The Kier molecular flexibility index (Phi) is 4.37. The summed E-state index contributed by atoms with van der Waals surface area (Å²) in [4.78, 5) is 17.9. The normalized spacial score (nSPS) is 10.3. The van der Waals surface area contributed by atoms with Crippen LogP contribution in [-0.4, -0.2) is 27.5 Å². The van der Waals surface area contributed by atoms with Gasteiger partial charge in [0.1, 0.15) is 5.82 Å². The van der Waals surface area contributed by atoms with E-state index in [1.165, 1.54) is 0 Å². The summed E-state index contributed by atoms with van der Waals surface area (Å²) in [6.45, 7) is 0.902. The van der Waals surface area contributed by atoms with E-state index in [9.17, 15) is 4.79 Å². The summed E-state index contributed by atoms with van der Waals surface area (Å²) in [6.07, 6.45) is 3.57. The Morgan fingerprint density at radius 3 is 2.95 bits per heavy atom. The van der Waals surface area contributed by atoms with E-state index in [0.29, 0.717) is 13.1 Å². The number of carbonyl (C=O) groups is 1. The third-order valence-corrected chi connectivity index (χ3v) is 3.06. The second kappa shape index (κ2) is 6.21. The zero-order valence-corrected chi connectivity index (χ0v) is 11.7. The van der Waals surface area contributed by atoms with Gasteiger partial charge in [-0.15, -0.1) is 0 Å². The molecule has 0 saturated heterocycles. The molecule has 2 rings (SSSR count). The second-order valence-electron chi connectivity index (χ2n) is 4.65. The van der Waals surface area contributed by atoms with Crippen molar-refractivity contribution in [3.8, 4) is 0 Å². The van der Waals surface area contributed by atoms with Crippen molar-refractivity contribution >= 4 is 11.7 Å². The average Bonchev–Trinajstić information content (AvgIpc) is 2.84. The maximum atomic E-state index is 12.1. The number of rotatable bonds is 4. The summed E-state index contributed by atoms with van der Waals surface area (Å²) in [5, 5.41) is 2.84. The van der Waals surface area contributed by atoms with Gasteiger partial charge in [0.15, 0.2) is 0 Å². The molecular weight excluding hydrogens is 254 g/mol. The van der Waals surface area contributed by atoms with Crippen molar-refractivity contribution in [2.45, 2.75) is 13.1 Å². The third kappa shape index (κ3) is 3.36. The number of nitrogens with zero attached hydrogens (tertiary/aromatic N) is 3. The molecule has 0 bridgehead atoms. The molecule has 106 valence electrons. The van der Waals surface area contributed by atoms with Crippen LogP contribution in [0.25, 0.3) is 0 Å². The van der Waals surface area contributed by atoms with E-state index in [1.807, 2.05) is 42.1 Å². The van der Waals surface area contributed by atoms with Crippen LogP contribution in [0.3, 0.4) is 0 Å². The molecule has 2 amide bonds. The second-order valence-corrected chi connectivity index (χ2v) is 4.65. The molecule has 1 heterocycles. The first-order chi connectivity index (χ1) is 9.60. The largest absolute Gasteiger partial charge is 0.337 e. The highest BCUT2D eigenvalue weighted by Crippen LogP contribution is 2.11. The molecule has 20 heavy (non-hydrogen) atoms. The molecule has 1 aromatic carbocycles. The Balaban J connectivity index is 1.98. The number of hydrogen-bond donors (Lipinski definition) is 2. The lowest BCUT2D eigenvalue weighted by Crippen LogP contribution is -2.31. The van der Waals surface area contributed by atoms with Crippen molar-refractivity contribution in [1.82, 2.24) is 14.5 Å². The predicted octanol–water partition coefficient (Wildman–Crippen LogP) is 1.54. The Morgan fingerprint density at radius 2 is 2.30 bits per heavy atom. The highest BCUT2D eigenvalue weighted by atomic mass is 16.2. The fourth-order valence-corrected chi connectivity index (χ4v) is 1.83. The maximum absolute atomic E-state index is 12.1. The molecule has 1 aromatic heterocycles. The fraction of sp³-hybridized carbons (Fsp3) is 0.286. The standard InChI is InChI=1S/C14H19N5O/c1-18-7-6-16-13(18)10-19(2)14(20)17-12-5-3-4-11(8-12)9-15/h3-8H,9-10,15H2,1-2H3,(H,17,20). The van der Waals surface area contributed by atoms with Crippen LogP contribution in [0.2, 0.25) is 0 Å². The van der Waals surface area contributed by atoms with Gasteiger partial charge in [0.25, 0.3) is 0 Å². The van der Waals surface area contributed by atoms with Crippen LogP contribution < -0.4 is 11.1 Å². The Morgan fingerprint density at radius 1 is 1.50 bits per heavy atom. The Hall–Kier alpha value is -2.34. The minimum atomic E-state index is -0.179. The lowest BCUT2D eigenvalue weighted by molar-refractivity contribution is 0.219. The highest BCUT2D eigenvalue weighted by Gasteiger charge is 2.11. The minimum Gasteiger partial charge on any atom is -0.337 e. The van der Waals surface area contributed by atoms with Crippen LogP contribution >= 0.6 is 0 Å². The number of nitrogens with two attached hydrogens (primary N) is 1. The number of aryl methyl sites for hydroxylation is 1. The molecule has 0 spiro atoms. The molecule has 0 aliphatic heterocycles. The van der Waals surface area contributed by atoms with Crippen molar-refractivity contribution in [2.75, 3.05) is 12.4 Å². The van der Waals surface area contributed by atoms with E-state index in [4.69, 9.17) is 5.73 Å². The van der Waals surface area contributed by atoms with Gasteiger partial charge >= 0.3 is 6.03 Å². The summed E-state index contributed by atoms with van der Waals surface area (Å²) in [5.41, 5.74) is 7.30. The van der Waals surface area contributed by atoms with Gasteiger partial charge in [-0.2, -0.15) is 0 Å². The van der Waals surface area contributed by atoms with Crippen molar-refractivity contribution in [1.29, 1.82) is 0 Å². The lowest BCUT2D eigenvalue weighted by atomic mass is 10.2. The quantitative estimate of drug-likeness (QED) is 0.887. The van der Waals surface area contributed by atoms with Crippen molar-refractivity contribution in [3.63, 3.8) is 0 Å². The van der Waals surface area contributed by atoms with Crippen molar-refractivity contribution < 1.29 is 4.79 Å². The molecule has 3 N–H and O–H groups in total. The van der Waals surface area contributed by atoms with Gasteiger partial charge in [0, 0.05) is 38.7 Å². The van der Waals surface area contributed by atoms with Crippen LogP contribution in [0, 0.1) is 0 Å². The fourth-order valence-electron chi connectivity index (χ4n) is 1.83. The number of hydrogen-bond acceptors (Lipinski definition) is 3. The zero-order valence-electron chi connectivity index (χ0n) is 11.7. The number of urea groups is 1. The van der Waals surface area contributed by atoms with Gasteiger partial charge in [0.05, 0.1) is 6.54 Å². The van der Waals surface area contributed by atoms with Crippen LogP contribution in [0.4, 0.5) is 10.5 Å². The molecule has 2 aromatic rings. The van der Waals surface area contributed by atoms with E-state index < -0.39 is 0 Å². The number of benzene rings is 1. The van der Waals surface area contributed by atoms with Gasteiger partial charge in [-0.3, -0.25) is 0 Å². The first-order valence-corrected chi connectivity index (χ1v) is 6.37. The number of imidazole rings is 1. The molecule has 0 radical (unpaired) electrons. The summed E-state index contributed by atoms with van der Waals surface area (Å²) in [5.74, 6) is 0.832. The molecule has 0 atom stereocenters. The number of carbonyl (C=O) groups excluding carboxylic acids is 1. The molecule has 0 fully saturated rings. The van der Waals surface area contributed by atoms with Crippen LogP contribution in [0.1, 0.15) is 11.4 Å². The zero-order chi connectivity index (χ0) is 14.5. The third-order valence-electron chi connectivity index (χ3n) is 3.06. The van der Waals surface area contributed by atoms with Gasteiger partial charge < -0.3 is 20.5 Å². The van der Waals surface area contributed by atoms with Crippen LogP contribution in [0.5, 0.6) is 0 Å². The Labute approximate surface area is 118 Å². The summed E-state index contributed by atoms with van der Waals surface area (Å²) < 4.78 is 1.89. The summed E-state index contributed by atoms with van der Waals surface area (Å²) in [6, 6.07) is 7.32. The van der Waals surface area contributed by atoms with Crippen LogP contribution in [0.15, 0.2) is 36.7 Å².